The van der Waals surface area contributed by atoms with Crippen molar-refractivity contribution >= 4 is 15.9 Å². The summed E-state index contributed by atoms with van der Waals surface area (Å²) < 4.78 is 6.53. The minimum atomic E-state index is 0.401. The zero-order valence-corrected chi connectivity index (χ0v) is 11.5. The van der Waals surface area contributed by atoms with E-state index < -0.39 is 0 Å². The summed E-state index contributed by atoms with van der Waals surface area (Å²) >= 11 is 3.41. The molecular weight excluding hydrogens is 280 g/mol. The molecule has 2 aromatic rings. The second kappa shape index (κ2) is 5.47. The summed E-state index contributed by atoms with van der Waals surface area (Å²) in [6.45, 7) is 2.12. The highest BCUT2D eigenvalue weighted by atomic mass is 79.9. The molecule has 0 fully saturated rings. The average molecular weight is 295 g/mol. The van der Waals surface area contributed by atoms with Gasteiger partial charge in [-0.15, -0.1) is 0 Å². The van der Waals surface area contributed by atoms with Crippen LogP contribution in [-0.2, 0) is 6.42 Å². The van der Waals surface area contributed by atoms with Gasteiger partial charge in [-0.05, 0) is 38.2 Å². The van der Waals surface area contributed by atoms with E-state index in [1.807, 2.05) is 31.3 Å². The van der Waals surface area contributed by atoms with Crippen LogP contribution >= 0.6 is 15.9 Å². The fourth-order valence-corrected chi connectivity index (χ4v) is 1.81. The van der Waals surface area contributed by atoms with Crippen LogP contribution in [0.1, 0.15) is 12.6 Å². The van der Waals surface area contributed by atoms with E-state index in [-0.39, 0.29) is 0 Å². The van der Waals surface area contributed by atoms with E-state index in [2.05, 4.69) is 33.2 Å². The Hall–Kier alpha value is -1.13. The van der Waals surface area contributed by atoms with E-state index >= 15 is 0 Å². The maximum atomic E-state index is 5.48. The van der Waals surface area contributed by atoms with Crippen molar-refractivity contribution in [3.63, 3.8) is 0 Å². The molecule has 3 nitrogen and oxygen atoms in total. The molecule has 0 amide bonds. The van der Waals surface area contributed by atoms with Crippen molar-refractivity contribution in [3.05, 3.63) is 40.7 Å². The van der Waals surface area contributed by atoms with Crippen molar-refractivity contribution in [1.82, 2.24) is 10.3 Å². The van der Waals surface area contributed by atoms with Crippen LogP contribution in [0.5, 0.6) is 0 Å². The molecule has 1 aromatic heterocycles. The Morgan fingerprint density at radius 1 is 1.35 bits per heavy atom. The number of hydrogen-bond donors (Lipinski definition) is 1. The quantitative estimate of drug-likeness (QED) is 0.941. The van der Waals surface area contributed by atoms with Crippen molar-refractivity contribution in [3.8, 4) is 11.5 Å². The molecule has 0 spiro atoms. The van der Waals surface area contributed by atoms with Crippen molar-refractivity contribution in [2.75, 3.05) is 7.05 Å². The van der Waals surface area contributed by atoms with E-state index in [0.717, 1.165) is 22.2 Å². The number of likely N-dealkylation sites (N-methyl/N-ethyl adjacent to an activating group) is 1. The Morgan fingerprint density at radius 3 is 2.71 bits per heavy atom. The molecule has 0 saturated heterocycles. The Bertz CT molecular complexity index is 478. The number of halogens is 1. The van der Waals surface area contributed by atoms with Gasteiger partial charge >= 0.3 is 0 Å². The summed E-state index contributed by atoms with van der Waals surface area (Å²) in [6, 6.07) is 8.34. The number of hydrogen-bond acceptors (Lipinski definition) is 3. The van der Waals surface area contributed by atoms with Crippen molar-refractivity contribution in [2.45, 2.75) is 19.4 Å². The van der Waals surface area contributed by atoms with Crippen LogP contribution in [0.4, 0.5) is 0 Å². The molecule has 0 aliphatic rings. The van der Waals surface area contributed by atoms with Gasteiger partial charge in [-0.25, -0.2) is 4.98 Å². The van der Waals surface area contributed by atoms with Crippen LogP contribution < -0.4 is 5.32 Å². The summed E-state index contributed by atoms with van der Waals surface area (Å²) in [7, 11) is 1.94. The predicted octanol–water partition coefficient (Wildman–Crippen LogP) is 3.25. The summed E-state index contributed by atoms with van der Waals surface area (Å²) in [5.41, 5.74) is 1.97. The predicted molar refractivity (Wildman–Crippen MR) is 71.9 cm³/mol. The summed E-state index contributed by atoms with van der Waals surface area (Å²) in [5, 5.41) is 3.18. The maximum absolute atomic E-state index is 5.48. The third-order valence-electron chi connectivity index (χ3n) is 2.65. The first-order valence-electron chi connectivity index (χ1n) is 5.56. The van der Waals surface area contributed by atoms with Gasteiger partial charge < -0.3 is 9.73 Å². The van der Waals surface area contributed by atoms with E-state index in [4.69, 9.17) is 4.42 Å². The van der Waals surface area contributed by atoms with E-state index in [0.29, 0.717) is 11.9 Å². The lowest BCUT2D eigenvalue weighted by molar-refractivity contribution is 0.565. The summed E-state index contributed by atoms with van der Waals surface area (Å²) in [4.78, 5) is 4.48. The van der Waals surface area contributed by atoms with Crippen LogP contribution in [0.3, 0.4) is 0 Å². The highest BCUT2D eigenvalue weighted by molar-refractivity contribution is 9.10. The molecule has 1 unspecified atom stereocenters. The van der Waals surface area contributed by atoms with Gasteiger partial charge in [0.15, 0.2) is 0 Å². The Labute approximate surface area is 109 Å². The first kappa shape index (κ1) is 12.3. The molecular formula is C13H15BrN2O. The van der Waals surface area contributed by atoms with Crippen molar-refractivity contribution in [1.29, 1.82) is 0 Å². The number of nitrogens with one attached hydrogen (secondary N) is 1. The lowest BCUT2D eigenvalue weighted by atomic mass is 10.2. The number of oxazole rings is 1. The standard InChI is InChI=1S/C13H15BrN2O/c1-9(15-2)7-12-8-17-13(16-12)10-3-5-11(14)6-4-10/h3-6,8-9,15H,7H2,1-2H3. The fraction of sp³-hybridized carbons (Fsp3) is 0.308. The van der Waals surface area contributed by atoms with E-state index in [1.165, 1.54) is 0 Å². The minimum Gasteiger partial charge on any atom is -0.444 e. The molecule has 1 heterocycles. The summed E-state index contributed by atoms with van der Waals surface area (Å²) in [6.07, 6.45) is 2.60. The third kappa shape index (κ3) is 3.17. The number of nitrogens with zero attached hydrogens (tertiary/aromatic N) is 1. The molecule has 90 valence electrons. The summed E-state index contributed by atoms with van der Waals surface area (Å²) in [5.74, 6) is 0.677. The Kier molecular flexibility index (Phi) is 3.97. The minimum absolute atomic E-state index is 0.401. The topological polar surface area (TPSA) is 38.1 Å². The number of aromatic nitrogens is 1. The van der Waals surface area contributed by atoms with Crippen molar-refractivity contribution in [2.24, 2.45) is 0 Å². The lowest BCUT2D eigenvalue weighted by Crippen LogP contribution is -2.23. The fourth-order valence-electron chi connectivity index (χ4n) is 1.54. The molecule has 1 N–H and O–H groups in total. The first-order chi connectivity index (χ1) is 8.19. The zero-order chi connectivity index (χ0) is 12.3. The van der Waals surface area contributed by atoms with Crippen molar-refractivity contribution < 1.29 is 4.42 Å². The highest BCUT2D eigenvalue weighted by Gasteiger charge is 2.08. The molecule has 4 heteroatoms. The van der Waals surface area contributed by atoms with Crippen LogP contribution in [0.15, 0.2) is 39.4 Å². The normalized spacial score (nSPS) is 12.6. The van der Waals surface area contributed by atoms with E-state index in [9.17, 15) is 0 Å². The van der Waals surface area contributed by atoms with E-state index in [1.54, 1.807) is 6.26 Å². The molecule has 17 heavy (non-hydrogen) atoms. The highest BCUT2D eigenvalue weighted by Crippen LogP contribution is 2.21. The van der Waals surface area contributed by atoms with Crippen LogP contribution in [-0.4, -0.2) is 18.1 Å². The van der Waals surface area contributed by atoms with Gasteiger partial charge in [0.1, 0.15) is 6.26 Å². The van der Waals surface area contributed by atoms with Gasteiger partial charge in [0.05, 0.1) is 5.69 Å². The zero-order valence-electron chi connectivity index (χ0n) is 9.90. The second-order valence-electron chi connectivity index (χ2n) is 4.04. The van der Waals surface area contributed by atoms with Gasteiger partial charge in [0.2, 0.25) is 5.89 Å². The average Bonchev–Trinajstić information content (AvgIpc) is 2.78. The third-order valence-corrected chi connectivity index (χ3v) is 3.18. The molecule has 2 rings (SSSR count). The van der Waals surface area contributed by atoms with Gasteiger partial charge in [-0.1, -0.05) is 15.9 Å². The lowest BCUT2D eigenvalue weighted by Gasteiger charge is -2.05. The molecule has 0 aliphatic heterocycles. The molecule has 0 bridgehead atoms. The Morgan fingerprint density at radius 2 is 2.06 bits per heavy atom. The second-order valence-corrected chi connectivity index (χ2v) is 4.96. The van der Waals surface area contributed by atoms with Crippen LogP contribution in [0.2, 0.25) is 0 Å². The number of rotatable bonds is 4. The monoisotopic (exact) mass is 294 g/mol. The van der Waals surface area contributed by atoms with Gasteiger partial charge in [-0.3, -0.25) is 0 Å². The van der Waals surface area contributed by atoms with Gasteiger partial charge in [-0.2, -0.15) is 0 Å². The Balaban J connectivity index is 2.15. The maximum Gasteiger partial charge on any atom is 0.226 e. The molecule has 0 radical (unpaired) electrons. The van der Waals surface area contributed by atoms with Gasteiger partial charge in [0.25, 0.3) is 0 Å². The molecule has 0 aliphatic carbocycles. The molecule has 0 saturated carbocycles. The van der Waals surface area contributed by atoms with Crippen LogP contribution in [0, 0.1) is 0 Å². The molecule has 1 atom stereocenters. The SMILES string of the molecule is CNC(C)Cc1coc(-c2ccc(Br)cc2)n1. The first-order valence-corrected chi connectivity index (χ1v) is 6.36. The van der Waals surface area contributed by atoms with Crippen LogP contribution in [0.25, 0.3) is 11.5 Å². The largest absolute Gasteiger partial charge is 0.444 e. The number of benzene rings is 1. The van der Waals surface area contributed by atoms with Gasteiger partial charge in [0, 0.05) is 22.5 Å². The molecule has 1 aromatic carbocycles. The smallest absolute Gasteiger partial charge is 0.226 e.